The number of amides is 2. The Morgan fingerprint density at radius 1 is 1.22 bits per heavy atom. The van der Waals surface area contributed by atoms with E-state index >= 15 is 0 Å². The molecule has 0 aromatic heterocycles. The van der Waals surface area contributed by atoms with Crippen LogP contribution in [-0.2, 0) is 0 Å². The molecule has 0 saturated heterocycles. The number of rotatable bonds is 4. The van der Waals surface area contributed by atoms with Crippen LogP contribution >= 0.6 is 0 Å². The van der Waals surface area contributed by atoms with Gasteiger partial charge in [0.15, 0.2) is 0 Å². The van der Waals surface area contributed by atoms with Crippen LogP contribution in [-0.4, -0.2) is 29.3 Å². The monoisotopic (exact) mass is 246 g/mol. The van der Waals surface area contributed by atoms with Crippen LogP contribution in [0.15, 0.2) is 18.2 Å². The Morgan fingerprint density at radius 2 is 1.89 bits per heavy atom. The summed E-state index contributed by atoms with van der Waals surface area (Å²) < 4.78 is 0. The molecule has 1 aliphatic heterocycles. The molecule has 0 saturated carbocycles. The molecule has 1 aromatic carbocycles. The average molecular weight is 246 g/mol. The Kier molecular flexibility index (Phi) is 3.48. The molecule has 1 aliphatic rings. The first-order valence-electron chi connectivity index (χ1n) is 6.28. The lowest BCUT2D eigenvalue weighted by Crippen LogP contribution is -2.40. The van der Waals surface area contributed by atoms with E-state index in [9.17, 15) is 9.59 Å². The van der Waals surface area contributed by atoms with Crippen molar-refractivity contribution in [2.75, 3.05) is 6.54 Å². The minimum Gasteiger partial charge on any atom is -0.330 e. The lowest BCUT2D eigenvalue weighted by molar-refractivity contribution is 0.0574. The number of aryl methyl sites for hydroxylation is 1. The molecule has 96 valence electrons. The smallest absolute Gasteiger partial charge is 0.261 e. The molecule has 0 fully saturated rings. The van der Waals surface area contributed by atoms with Gasteiger partial charge in [-0.1, -0.05) is 18.6 Å². The van der Waals surface area contributed by atoms with E-state index in [0.29, 0.717) is 24.1 Å². The molecule has 0 radical (unpaired) electrons. The van der Waals surface area contributed by atoms with Crippen LogP contribution in [0.4, 0.5) is 0 Å². The van der Waals surface area contributed by atoms with Crippen molar-refractivity contribution in [2.45, 2.75) is 32.7 Å². The predicted molar refractivity (Wildman–Crippen MR) is 69.4 cm³/mol. The largest absolute Gasteiger partial charge is 0.330 e. The second-order valence-corrected chi connectivity index (χ2v) is 4.67. The molecule has 18 heavy (non-hydrogen) atoms. The van der Waals surface area contributed by atoms with E-state index in [4.69, 9.17) is 5.73 Å². The first-order valence-corrected chi connectivity index (χ1v) is 6.28. The van der Waals surface area contributed by atoms with Crippen molar-refractivity contribution in [1.82, 2.24) is 4.90 Å². The number of hydrogen-bond donors (Lipinski definition) is 1. The number of nitrogens with two attached hydrogens (primary N) is 1. The van der Waals surface area contributed by atoms with Gasteiger partial charge in [-0.2, -0.15) is 0 Å². The third kappa shape index (κ3) is 1.93. The first-order chi connectivity index (χ1) is 8.60. The molecular formula is C14H18N2O2. The number of carbonyl (C=O) groups is 2. The van der Waals surface area contributed by atoms with Gasteiger partial charge in [-0.25, -0.2) is 0 Å². The quantitative estimate of drug-likeness (QED) is 0.823. The SMILES string of the molecule is CCC(CCN)N1C(=O)c2ccc(C)cc2C1=O. The molecule has 0 bridgehead atoms. The Morgan fingerprint density at radius 3 is 2.50 bits per heavy atom. The van der Waals surface area contributed by atoms with Gasteiger partial charge in [-0.3, -0.25) is 14.5 Å². The Bertz CT molecular complexity index is 497. The molecule has 0 aliphatic carbocycles. The molecule has 1 unspecified atom stereocenters. The summed E-state index contributed by atoms with van der Waals surface area (Å²) in [5, 5.41) is 0. The Balaban J connectivity index is 2.38. The Labute approximate surface area is 107 Å². The van der Waals surface area contributed by atoms with Gasteiger partial charge < -0.3 is 5.73 Å². The van der Waals surface area contributed by atoms with Gasteiger partial charge >= 0.3 is 0 Å². The van der Waals surface area contributed by atoms with E-state index in [1.54, 1.807) is 12.1 Å². The summed E-state index contributed by atoms with van der Waals surface area (Å²) in [6.45, 7) is 4.36. The molecule has 2 rings (SSSR count). The van der Waals surface area contributed by atoms with Gasteiger partial charge in [0, 0.05) is 6.04 Å². The third-order valence-corrected chi connectivity index (χ3v) is 3.41. The summed E-state index contributed by atoms with van der Waals surface area (Å²) in [6.07, 6.45) is 1.39. The van der Waals surface area contributed by atoms with E-state index in [1.165, 1.54) is 4.90 Å². The van der Waals surface area contributed by atoms with Crippen molar-refractivity contribution in [3.05, 3.63) is 34.9 Å². The van der Waals surface area contributed by atoms with Crippen LogP contribution in [0.25, 0.3) is 0 Å². The second-order valence-electron chi connectivity index (χ2n) is 4.67. The molecule has 0 spiro atoms. The van der Waals surface area contributed by atoms with Crippen molar-refractivity contribution < 1.29 is 9.59 Å². The zero-order valence-corrected chi connectivity index (χ0v) is 10.8. The highest BCUT2D eigenvalue weighted by Gasteiger charge is 2.38. The summed E-state index contributed by atoms with van der Waals surface area (Å²) >= 11 is 0. The highest BCUT2D eigenvalue weighted by molar-refractivity contribution is 6.21. The zero-order valence-electron chi connectivity index (χ0n) is 10.8. The van der Waals surface area contributed by atoms with Crippen molar-refractivity contribution in [3.63, 3.8) is 0 Å². The standard InChI is InChI=1S/C14H18N2O2/c1-3-10(6-7-15)16-13(17)11-5-4-9(2)8-12(11)14(16)18/h4-5,8,10H,3,6-7,15H2,1-2H3. The minimum atomic E-state index is -0.185. The van der Waals surface area contributed by atoms with E-state index in [-0.39, 0.29) is 17.9 Å². The van der Waals surface area contributed by atoms with Crippen LogP contribution in [0.5, 0.6) is 0 Å². The molecular weight excluding hydrogens is 228 g/mol. The number of carbonyl (C=O) groups excluding carboxylic acids is 2. The van der Waals surface area contributed by atoms with Crippen molar-refractivity contribution in [3.8, 4) is 0 Å². The molecule has 1 heterocycles. The fraction of sp³-hybridized carbons (Fsp3) is 0.429. The molecule has 2 amide bonds. The number of benzene rings is 1. The number of imide groups is 1. The number of nitrogens with zero attached hydrogens (tertiary/aromatic N) is 1. The summed E-state index contributed by atoms with van der Waals surface area (Å²) in [5.74, 6) is -0.366. The molecule has 1 aromatic rings. The van der Waals surface area contributed by atoms with Crippen LogP contribution in [0.3, 0.4) is 0 Å². The van der Waals surface area contributed by atoms with Gasteiger partial charge in [0.05, 0.1) is 11.1 Å². The van der Waals surface area contributed by atoms with Gasteiger partial charge in [0.1, 0.15) is 0 Å². The molecule has 4 heteroatoms. The average Bonchev–Trinajstić information content (AvgIpc) is 2.59. The topological polar surface area (TPSA) is 63.4 Å². The lowest BCUT2D eigenvalue weighted by atomic mass is 10.1. The third-order valence-electron chi connectivity index (χ3n) is 3.41. The van der Waals surface area contributed by atoms with E-state index < -0.39 is 0 Å². The summed E-state index contributed by atoms with van der Waals surface area (Å²) in [6, 6.07) is 5.28. The summed E-state index contributed by atoms with van der Waals surface area (Å²) in [7, 11) is 0. The van der Waals surface area contributed by atoms with E-state index in [1.807, 2.05) is 19.9 Å². The normalized spacial score (nSPS) is 16.1. The predicted octanol–water partition coefficient (Wildman–Crippen LogP) is 1.72. The lowest BCUT2D eigenvalue weighted by Gasteiger charge is -2.24. The van der Waals surface area contributed by atoms with Gasteiger partial charge in [-0.15, -0.1) is 0 Å². The van der Waals surface area contributed by atoms with Crippen LogP contribution in [0.1, 0.15) is 46.0 Å². The second kappa shape index (κ2) is 4.90. The van der Waals surface area contributed by atoms with Crippen molar-refractivity contribution >= 4 is 11.8 Å². The number of hydrogen-bond acceptors (Lipinski definition) is 3. The fourth-order valence-electron chi connectivity index (χ4n) is 2.41. The fourth-order valence-corrected chi connectivity index (χ4v) is 2.41. The van der Waals surface area contributed by atoms with Crippen molar-refractivity contribution in [1.29, 1.82) is 0 Å². The van der Waals surface area contributed by atoms with Crippen LogP contribution in [0.2, 0.25) is 0 Å². The van der Waals surface area contributed by atoms with Crippen LogP contribution < -0.4 is 5.73 Å². The Hall–Kier alpha value is -1.68. The van der Waals surface area contributed by atoms with Crippen LogP contribution in [0, 0.1) is 6.92 Å². The molecule has 1 atom stereocenters. The number of fused-ring (bicyclic) bond motifs is 1. The van der Waals surface area contributed by atoms with Gasteiger partial charge in [0.25, 0.3) is 11.8 Å². The summed E-state index contributed by atoms with van der Waals surface area (Å²) in [5.41, 5.74) is 7.57. The van der Waals surface area contributed by atoms with E-state index in [2.05, 4.69) is 0 Å². The summed E-state index contributed by atoms with van der Waals surface area (Å²) in [4.78, 5) is 25.9. The van der Waals surface area contributed by atoms with Crippen molar-refractivity contribution in [2.24, 2.45) is 5.73 Å². The highest BCUT2D eigenvalue weighted by Crippen LogP contribution is 2.27. The molecule has 2 N–H and O–H groups in total. The maximum Gasteiger partial charge on any atom is 0.261 e. The van der Waals surface area contributed by atoms with Gasteiger partial charge in [-0.05, 0) is 38.4 Å². The minimum absolute atomic E-state index is 0.0947. The highest BCUT2D eigenvalue weighted by atomic mass is 16.2. The maximum absolute atomic E-state index is 12.3. The van der Waals surface area contributed by atoms with Gasteiger partial charge in [0.2, 0.25) is 0 Å². The van der Waals surface area contributed by atoms with E-state index in [0.717, 1.165) is 12.0 Å². The zero-order chi connectivity index (χ0) is 13.3. The maximum atomic E-state index is 12.3. The molecule has 4 nitrogen and oxygen atoms in total. The first kappa shape index (κ1) is 12.8.